The highest BCUT2D eigenvalue weighted by Gasteiger charge is 2.12. The molecule has 0 bridgehead atoms. The Morgan fingerprint density at radius 1 is 1.00 bits per heavy atom. The summed E-state index contributed by atoms with van der Waals surface area (Å²) in [6.45, 7) is 4.56. The van der Waals surface area contributed by atoms with Crippen LogP contribution in [0.3, 0.4) is 0 Å². The fourth-order valence-corrected chi connectivity index (χ4v) is 1.66. The van der Waals surface area contributed by atoms with Crippen molar-refractivity contribution in [2.45, 2.75) is 64.9 Å². The van der Waals surface area contributed by atoms with Gasteiger partial charge in [0.05, 0.1) is 6.10 Å². The van der Waals surface area contributed by atoms with Gasteiger partial charge in [0.2, 0.25) is 0 Å². The molecule has 2 heteroatoms. The van der Waals surface area contributed by atoms with Gasteiger partial charge in [0.15, 0.2) is 0 Å². The fraction of sp³-hybridized carbons (Fsp3) is 1.00. The molecule has 0 aromatic heterocycles. The Balaban J connectivity index is 3.39. The van der Waals surface area contributed by atoms with Crippen LogP contribution >= 0.6 is 0 Å². The molecule has 0 aromatic rings. The van der Waals surface area contributed by atoms with E-state index in [9.17, 15) is 5.11 Å². The highest BCUT2D eigenvalue weighted by Crippen LogP contribution is 2.17. The van der Waals surface area contributed by atoms with Gasteiger partial charge in [-0.2, -0.15) is 0 Å². The Kier molecular flexibility index (Phi) is 9.42. The van der Waals surface area contributed by atoms with Crippen LogP contribution in [-0.2, 0) is 0 Å². The molecule has 0 radical (unpaired) electrons. The molecular weight excluding hydrogens is 176 g/mol. The summed E-state index contributed by atoms with van der Waals surface area (Å²) < 4.78 is 0. The molecule has 0 fully saturated rings. The summed E-state index contributed by atoms with van der Waals surface area (Å²) in [5.74, 6) is 0.387. The molecule has 0 saturated carbocycles. The summed E-state index contributed by atoms with van der Waals surface area (Å²) in [5.41, 5.74) is 0. The average molecular weight is 202 g/mol. The minimum Gasteiger partial charge on any atom is -0.396 e. The molecule has 0 aliphatic rings. The van der Waals surface area contributed by atoms with Crippen molar-refractivity contribution >= 4 is 0 Å². The van der Waals surface area contributed by atoms with Crippen LogP contribution in [0.15, 0.2) is 0 Å². The maximum absolute atomic E-state index is 9.78. The molecule has 0 spiro atoms. The highest BCUT2D eigenvalue weighted by atomic mass is 16.3. The minimum absolute atomic E-state index is 0.139. The molecule has 0 heterocycles. The lowest BCUT2D eigenvalue weighted by molar-refractivity contribution is 0.0977. The van der Waals surface area contributed by atoms with E-state index in [2.05, 4.69) is 13.8 Å². The number of unbranched alkanes of at least 4 members (excludes halogenated alkanes) is 3. The zero-order chi connectivity index (χ0) is 10.8. The smallest absolute Gasteiger partial charge is 0.0565 e. The second-order valence-electron chi connectivity index (χ2n) is 4.26. The maximum Gasteiger partial charge on any atom is 0.0565 e. The Morgan fingerprint density at radius 2 is 1.64 bits per heavy atom. The lowest BCUT2D eigenvalue weighted by atomic mass is 9.94. The van der Waals surface area contributed by atoms with Crippen LogP contribution in [0.5, 0.6) is 0 Å². The van der Waals surface area contributed by atoms with E-state index in [-0.39, 0.29) is 12.7 Å². The zero-order valence-corrected chi connectivity index (χ0v) is 9.71. The topological polar surface area (TPSA) is 40.5 Å². The van der Waals surface area contributed by atoms with Gasteiger partial charge in [-0.1, -0.05) is 39.5 Å². The largest absolute Gasteiger partial charge is 0.396 e. The fourth-order valence-electron chi connectivity index (χ4n) is 1.66. The standard InChI is InChI=1S/C12H26O2/c1-3-4-5-9-12(14)11(2)8-6-7-10-13/h11-14H,3-10H2,1-2H3. The van der Waals surface area contributed by atoms with Crippen molar-refractivity contribution in [2.75, 3.05) is 6.61 Å². The molecule has 0 aromatic carbocycles. The van der Waals surface area contributed by atoms with E-state index in [1.165, 1.54) is 12.8 Å². The Bertz CT molecular complexity index is 101. The predicted octanol–water partition coefficient (Wildman–Crippen LogP) is 2.73. The number of hydrogen-bond donors (Lipinski definition) is 2. The summed E-state index contributed by atoms with van der Waals surface area (Å²) >= 11 is 0. The number of aliphatic hydroxyl groups is 2. The van der Waals surface area contributed by atoms with Crippen molar-refractivity contribution in [1.82, 2.24) is 0 Å². The first kappa shape index (κ1) is 13.9. The lowest BCUT2D eigenvalue weighted by Gasteiger charge is -2.18. The summed E-state index contributed by atoms with van der Waals surface area (Å²) in [4.78, 5) is 0. The minimum atomic E-state index is -0.139. The van der Waals surface area contributed by atoms with Gasteiger partial charge in [-0.05, 0) is 25.2 Å². The van der Waals surface area contributed by atoms with Crippen molar-refractivity contribution in [2.24, 2.45) is 5.92 Å². The average Bonchev–Trinajstić information content (AvgIpc) is 2.18. The number of aliphatic hydroxyl groups excluding tert-OH is 2. The number of rotatable bonds is 9. The molecule has 0 saturated heterocycles. The van der Waals surface area contributed by atoms with Crippen LogP contribution in [0.1, 0.15) is 58.8 Å². The zero-order valence-electron chi connectivity index (χ0n) is 9.71. The third-order valence-electron chi connectivity index (χ3n) is 2.83. The maximum atomic E-state index is 9.78. The third kappa shape index (κ3) is 7.34. The van der Waals surface area contributed by atoms with E-state index in [0.29, 0.717) is 5.92 Å². The van der Waals surface area contributed by atoms with E-state index >= 15 is 0 Å². The molecule has 2 unspecified atom stereocenters. The Hall–Kier alpha value is -0.0800. The second-order valence-corrected chi connectivity index (χ2v) is 4.26. The summed E-state index contributed by atoms with van der Waals surface area (Å²) in [6.07, 6.45) is 7.31. The molecule has 2 nitrogen and oxygen atoms in total. The van der Waals surface area contributed by atoms with E-state index in [4.69, 9.17) is 5.11 Å². The molecule has 0 amide bonds. The quantitative estimate of drug-likeness (QED) is 0.564. The van der Waals surface area contributed by atoms with Crippen molar-refractivity contribution < 1.29 is 10.2 Å². The summed E-state index contributed by atoms with van der Waals surface area (Å²) in [7, 11) is 0. The van der Waals surface area contributed by atoms with Gasteiger partial charge in [-0.25, -0.2) is 0 Å². The van der Waals surface area contributed by atoms with Crippen molar-refractivity contribution in [3.05, 3.63) is 0 Å². The van der Waals surface area contributed by atoms with E-state index < -0.39 is 0 Å². The van der Waals surface area contributed by atoms with Crippen molar-refractivity contribution in [1.29, 1.82) is 0 Å². The van der Waals surface area contributed by atoms with E-state index in [1.54, 1.807) is 0 Å². The molecule has 2 atom stereocenters. The van der Waals surface area contributed by atoms with Gasteiger partial charge >= 0.3 is 0 Å². The van der Waals surface area contributed by atoms with E-state index in [0.717, 1.165) is 32.1 Å². The van der Waals surface area contributed by atoms with Crippen molar-refractivity contribution in [3.8, 4) is 0 Å². The predicted molar refractivity (Wildman–Crippen MR) is 60.2 cm³/mol. The normalized spacial score (nSPS) is 15.4. The lowest BCUT2D eigenvalue weighted by Crippen LogP contribution is -2.17. The monoisotopic (exact) mass is 202 g/mol. The first-order valence-electron chi connectivity index (χ1n) is 6.01. The van der Waals surface area contributed by atoms with Gasteiger partial charge in [0.25, 0.3) is 0 Å². The third-order valence-corrected chi connectivity index (χ3v) is 2.83. The van der Waals surface area contributed by atoms with Crippen LogP contribution < -0.4 is 0 Å². The molecule has 0 aliphatic heterocycles. The van der Waals surface area contributed by atoms with Crippen LogP contribution in [-0.4, -0.2) is 22.9 Å². The van der Waals surface area contributed by atoms with Gasteiger partial charge in [-0.15, -0.1) is 0 Å². The van der Waals surface area contributed by atoms with Gasteiger partial charge < -0.3 is 10.2 Å². The summed E-state index contributed by atoms with van der Waals surface area (Å²) in [5, 5.41) is 18.4. The molecule has 86 valence electrons. The Morgan fingerprint density at radius 3 is 2.21 bits per heavy atom. The molecule has 0 aliphatic carbocycles. The van der Waals surface area contributed by atoms with Gasteiger partial charge in [0.1, 0.15) is 0 Å². The van der Waals surface area contributed by atoms with Gasteiger partial charge in [-0.3, -0.25) is 0 Å². The second kappa shape index (κ2) is 9.47. The number of hydrogen-bond acceptors (Lipinski definition) is 2. The van der Waals surface area contributed by atoms with Gasteiger partial charge in [0, 0.05) is 6.61 Å². The first-order chi connectivity index (χ1) is 6.72. The van der Waals surface area contributed by atoms with Crippen molar-refractivity contribution in [3.63, 3.8) is 0 Å². The Labute approximate surface area is 88.3 Å². The molecular formula is C12H26O2. The van der Waals surface area contributed by atoms with Crippen LogP contribution in [0, 0.1) is 5.92 Å². The summed E-state index contributed by atoms with van der Waals surface area (Å²) in [6, 6.07) is 0. The van der Waals surface area contributed by atoms with Crippen LogP contribution in [0.4, 0.5) is 0 Å². The molecule has 14 heavy (non-hydrogen) atoms. The molecule has 2 N–H and O–H groups in total. The van der Waals surface area contributed by atoms with Crippen LogP contribution in [0.25, 0.3) is 0 Å². The van der Waals surface area contributed by atoms with Crippen LogP contribution in [0.2, 0.25) is 0 Å². The highest BCUT2D eigenvalue weighted by molar-refractivity contribution is 4.64. The SMILES string of the molecule is CCCCCC(O)C(C)CCCCO. The molecule has 0 rings (SSSR count). The first-order valence-corrected chi connectivity index (χ1v) is 6.01. The van der Waals surface area contributed by atoms with E-state index in [1.807, 2.05) is 0 Å².